The van der Waals surface area contributed by atoms with E-state index in [2.05, 4.69) is 0 Å². The van der Waals surface area contributed by atoms with E-state index in [9.17, 15) is 9.90 Å². The number of hydrogen-bond acceptors (Lipinski definition) is 4. The molecule has 2 rings (SSSR count). The Morgan fingerprint density at radius 1 is 1.04 bits per heavy atom. The van der Waals surface area contributed by atoms with Crippen molar-refractivity contribution < 1.29 is 19.4 Å². The van der Waals surface area contributed by atoms with Crippen LogP contribution < -0.4 is 9.47 Å². The lowest BCUT2D eigenvalue weighted by atomic mass is 10.0. The second-order valence-corrected chi connectivity index (χ2v) is 6.66. The summed E-state index contributed by atoms with van der Waals surface area (Å²) in [5.74, 6) is 0.616. The summed E-state index contributed by atoms with van der Waals surface area (Å²) in [5.41, 5.74) is 2.14. The van der Waals surface area contributed by atoms with Crippen LogP contribution in [0.2, 0.25) is 0 Å². The number of carbonyl (C=O) groups excluding carboxylic acids is 1. The predicted molar refractivity (Wildman–Crippen MR) is 104 cm³/mol. The van der Waals surface area contributed by atoms with Crippen molar-refractivity contribution in [1.29, 1.82) is 0 Å². The Balaban J connectivity index is 2.43. The third-order valence-corrected chi connectivity index (χ3v) is 3.70. The Morgan fingerprint density at radius 3 is 2.23 bits per heavy atom. The molecule has 0 amide bonds. The molecular weight excluding hydrogens is 328 g/mol. The van der Waals surface area contributed by atoms with Gasteiger partial charge in [-0.1, -0.05) is 36.4 Å². The Hall–Kier alpha value is -2.75. The first kappa shape index (κ1) is 19.6. The van der Waals surface area contributed by atoms with E-state index in [0.29, 0.717) is 17.1 Å². The van der Waals surface area contributed by atoms with Gasteiger partial charge in [-0.3, -0.25) is 4.79 Å². The van der Waals surface area contributed by atoms with Gasteiger partial charge in [0.15, 0.2) is 17.3 Å². The van der Waals surface area contributed by atoms with Gasteiger partial charge in [-0.15, -0.1) is 0 Å². The zero-order valence-electron chi connectivity index (χ0n) is 15.9. The van der Waals surface area contributed by atoms with Crippen LogP contribution in [0, 0.1) is 6.92 Å². The summed E-state index contributed by atoms with van der Waals surface area (Å²) in [5, 5.41) is 10.5. The summed E-state index contributed by atoms with van der Waals surface area (Å²) in [6.45, 7) is 9.41. The number of phenolic OH excluding ortho intramolecular Hbond substituents is 1. The number of ketones is 1. The molecule has 0 heterocycles. The van der Waals surface area contributed by atoms with Gasteiger partial charge in [-0.2, -0.15) is 0 Å². The van der Waals surface area contributed by atoms with Crippen molar-refractivity contribution in [2.24, 2.45) is 0 Å². The molecule has 0 atom stereocenters. The molecule has 138 valence electrons. The number of ether oxygens (including phenoxy) is 2. The molecule has 0 unspecified atom stereocenters. The highest BCUT2D eigenvalue weighted by atomic mass is 16.5. The minimum absolute atomic E-state index is 0.0172. The average Bonchev–Trinajstić information content (AvgIpc) is 2.60. The largest absolute Gasteiger partial charge is 0.502 e. The molecule has 0 radical (unpaired) electrons. The Labute approximate surface area is 155 Å². The summed E-state index contributed by atoms with van der Waals surface area (Å²) in [7, 11) is 0. The standard InChI is InChI=1S/C22H26O4/c1-14(2)25-20-13-18(16(5)22(21(20)24)26-15(3)4)11-12-19(23)17-9-7-6-8-10-17/h6-15,24H,1-5H3. The first-order valence-electron chi connectivity index (χ1n) is 8.77. The van der Waals surface area contributed by atoms with Gasteiger partial charge in [0.2, 0.25) is 5.75 Å². The van der Waals surface area contributed by atoms with Gasteiger partial charge >= 0.3 is 0 Å². The smallest absolute Gasteiger partial charge is 0.201 e. The molecular formula is C22H26O4. The topological polar surface area (TPSA) is 55.8 Å². The highest BCUT2D eigenvalue weighted by Gasteiger charge is 2.18. The van der Waals surface area contributed by atoms with Crippen LogP contribution in [-0.2, 0) is 0 Å². The minimum Gasteiger partial charge on any atom is -0.502 e. The summed E-state index contributed by atoms with van der Waals surface area (Å²) < 4.78 is 11.5. The van der Waals surface area contributed by atoms with Crippen molar-refractivity contribution in [3.05, 3.63) is 59.2 Å². The monoisotopic (exact) mass is 354 g/mol. The second kappa shape index (κ2) is 8.56. The Kier molecular flexibility index (Phi) is 6.45. The van der Waals surface area contributed by atoms with E-state index in [1.807, 2.05) is 52.8 Å². The number of carbonyl (C=O) groups is 1. The van der Waals surface area contributed by atoms with Crippen LogP contribution in [0.3, 0.4) is 0 Å². The molecule has 0 saturated heterocycles. The summed E-state index contributed by atoms with van der Waals surface area (Å²) in [6, 6.07) is 10.8. The molecule has 4 heteroatoms. The molecule has 26 heavy (non-hydrogen) atoms. The van der Waals surface area contributed by atoms with Gasteiger partial charge in [-0.25, -0.2) is 0 Å². The van der Waals surface area contributed by atoms with Crippen LogP contribution in [-0.4, -0.2) is 23.1 Å². The maximum Gasteiger partial charge on any atom is 0.201 e. The number of phenols is 1. The van der Waals surface area contributed by atoms with Crippen molar-refractivity contribution in [3.63, 3.8) is 0 Å². The maximum atomic E-state index is 12.3. The van der Waals surface area contributed by atoms with E-state index in [4.69, 9.17) is 9.47 Å². The minimum atomic E-state index is -0.100. The summed E-state index contributed by atoms with van der Waals surface area (Å²) in [4.78, 5) is 12.3. The highest BCUT2D eigenvalue weighted by molar-refractivity contribution is 6.06. The van der Waals surface area contributed by atoms with E-state index in [0.717, 1.165) is 11.1 Å². The lowest BCUT2D eigenvalue weighted by Gasteiger charge is -2.19. The van der Waals surface area contributed by atoms with Crippen LogP contribution in [0.15, 0.2) is 42.5 Å². The van der Waals surface area contributed by atoms with E-state index in [1.165, 1.54) is 6.08 Å². The van der Waals surface area contributed by atoms with Gasteiger partial charge in [-0.05, 0) is 52.3 Å². The number of benzene rings is 2. The number of rotatable bonds is 7. The molecule has 0 aliphatic carbocycles. The molecule has 0 aliphatic heterocycles. The third-order valence-electron chi connectivity index (χ3n) is 3.70. The zero-order valence-corrected chi connectivity index (χ0v) is 15.9. The molecule has 1 N–H and O–H groups in total. The van der Waals surface area contributed by atoms with Crippen molar-refractivity contribution in [2.75, 3.05) is 0 Å². The predicted octanol–water partition coefficient (Wildman–Crippen LogP) is 5.17. The number of hydrogen-bond donors (Lipinski definition) is 1. The van der Waals surface area contributed by atoms with Gasteiger partial charge in [0.05, 0.1) is 12.2 Å². The first-order valence-corrected chi connectivity index (χ1v) is 8.77. The van der Waals surface area contributed by atoms with Crippen LogP contribution in [0.4, 0.5) is 0 Å². The van der Waals surface area contributed by atoms with Crippen molar-refractivity contribution >= 4 is 11.9 Å². The van der Waals surface area contributed by atoms with Crippen LogP contribution in [0.5, 0.6) is 17.2 Å². The number of allylic oxidation sites excluding steroid dienone is 1. The lowest BCUT2D eigenvalue weighted by molar-refractivity contribution is 0.104. The van der Waals surface area contributed by atoms with E-state index >= 15 is 0 Å². The van der Waals surface area contributed by atoms with Crippen molar-refractivity contribution in [1.82, 2.24) is 0 Å². The van der Waals surface area contributed by atoms with Crippen LogP contribution in [0.1, 0.15) is 49.2 Å². The average molecular weight is 354 g/mol. The van der Waals surface area contributed by atoms with Crippen molar-refractivity contribution in [3.8, 4) is 17.2 Å². The van der Waals surface area contributed by atoms with E-state index in [1.54, 1.807) is 24.3 Å². The molecule has 0 aliphatic rings. The Bertz CT molecular complexity index is 790. The van der Waals surface area contributed by atoms with E-state index in [-0.39, 0.29) is 23.7 Å². The first-order chi connectivity index (χ1) is 12.3. The normalized spacial score (nSPS) is 11.3. The van der Waals surface area contributed by atoms with Crippen molar-refractivity contribution in [2.45, 2.75) is 46.8 Å². The second-order valence-electron chi connectivity index (χ2n) is 6.66. The fraction of sp³-hybridized carbons (Fsp3) is 0.318. The van der Waals surface area contributed by atoms with Crippen LogP contribution >= 0.6 is 0 Å². The molecule has 0 bridgehead atoms. The SMILES string of the molecule is Cc1c(C=CC(=O)c2ccccc2)cc(OC(C)C)c(O)c1OC(C)C. The quantitative estimate of drug-likeness (QED) is 0.550. The zero-order chi connectivity index (χ0) is 19.3. The molecule has 0 aromatic heterocycles. The van der Waals surface area contributed by atoms with Crippen LogP contribution in [0.25, 0.3) is 6.08 Å². The third kappa shape index (κ3) is 4.88. The molecule has 2 aromatic carbocycles. The van der Waals surface area contributed by atoms with Gasteiger partial charge in [0.25, 0.3) is 0 Å². The molecule has 0 spiro atoms. The Morgan fingerprint density at radius 2 is 1.65 bits per heavy atom. The summed E-state index contributed by atoms with van der Waals surface area (Å²) >= 11 is 0. The molecule has 0 saturated carbocycles. The lowest BCUT2D eigenvalue weighted by Crippen LogP contribution is -2.10. The summed E-state index contributed by atoms with van der Waals surface area (Å²) in [6.07, 6.45) is 3.05. The van der Waals surface area contributed by atoms with E-state index < -0.39 is 0 Å². The number of aromatic hydroxyl groups is 1. The van der Waals surface area contributed by atoms with Gasteiger partial charge in [0.1, 0.15) is 0 Å². The molecule has 4 nitrogen and oxygen atoms in total. The van der Waals surface area contributed by atoms with Gasteiger partial charge in [0, 0.05) is 11.1 Å². The van der Waals surface area contributed by atoms with Gasteiger partial charge < -0.3 is 14.6 Å². The highest BCUT2D eigenvalue weighted by Crippen LogP contribution is 2.42. The molecule has 2 aromatic rings. The fourth-order valence-corrected chi connectivity index (χ4v) is 2.50. The molecule has 0 fully saturated rings. The maximum absolute atomic E-state index is 12.3. The fourth-order valence-electron chi connectivity index (χ4n) is 2.50.